The van der Waals surface area contributed by atoms with Crippen LogP contribution in [0, 0.1) is 0 Å². The predicted molar refractivity (Wildman–Crippen MR) is 46.2 cm³/mol. The smallest absolute Gasteiger partial charge is 0.216 e. The molecule has 1 aromatic carbocycles. The summed E-state index contributed by atoms with van der Waals surface area (Å²) in [5.41, 5.74) is 4.25. The minimum Gasteiger partial charge on any atom is -0.351 e. The van der Waals surface area contributed by atoms with Crippen molar-refractivity contribution < 1.29 is 10.5 Å². The maximum Gasteiger partial charge on any atom is 0.216 e. The van der Waals surface area contributed by atoms with Crippen molar-refractivity contribution in [3.05, 3.63) is 34.3 Å². The van der Waals surface area contributed by atoms with Gasteiger partial charge in [0.1, 0.15) is 6.54 Å². The van der Waals surface area contributed by atoms with Gasteiger partial charge in [-0.3, -0.25) is 4.79 Å². The Morgan fingerprint density at radius 1 is 1.36 bits per heavy atom. The Balaban J connectivity index is 2.90. The van der Waals surface area contributed by atoms with Gasteiger partial charge >= 0.3 is 0 Å². The summed E-state index contributed by atoms with van der Waals surface area (Å²) in [6.07, 6.45) is 0. The SMILES string of the molecule is [NH3+]CC(=O)c1ccc(Br)cc1. The lowest BCUT2D eigenvalue weighted by Crippen LogP contribution is -2.54. The summed E-state index contributed by atoms with van der Waals surface area (Å²) < 4.78 is 0.984. The van der Waals surface area contributed by atoms with E-state index in [1.165, 1.54) is 0 Å². The zero-order valence-corrected chi connectivity index (χ0v) is 7.60. The van der Waals surface area contributed by atoms with Gasteiger partial charge < -0.3 is 5.73 Å². The van der Waals surface area contributed by atoms with Crippen molar-refractivity contribution in [2.75, 3.05) is 6.54 Å². The van der Waals surface area contributed by atoms with Gasteiger partial charge in [-0.15, -0.1) is 0 Å². The van der Waals surface area contributed by atoms with E-state index in [1.807, 2.05) is 12.1 Å². The van der Waals surface area contributed by atoms with Crippen LogP contribution in [-0.4, -0.2) is 12.3 Å². The molecule has 1 aromatic rings. The molecule has 0 heterocycles. The van der Waals surface area contributed by atoms with Gasteiger partial charge in [-0.05, 0) is 12.1 Å². The number of Topliss-reactive ketones (excluding diaryl/α,β-unsaturated/α-hetero) is 1. The largest absolute Gasteiger partial charge is 0.351 e. The summed E-state index contributed by atoms with van der Waals surface area (Å²) in [6, 6.07) is 7.28. The third-order valence-electron chi connectivity index (χ3n) is 1.39. The number of hydrogen-bond acceptors (Lipinski definition) is 1. The van der Waals surface area contributed by atoms with E-state index in [1.54, 1.807) is 12.1 Å². The van der Waals surface area contributed by atoms with Crippen LogP contribution in [0.5, 0.6) is 0 Å². The van der Waals surface area contributed by atoms with Gasteiger partial charge in [0, 0.05) is 10.0 Å². The van der Waals surface area contributed by atoms with Crippen molar-refractivity contribution in [3.8, 4) is 0 Å². The zero-order valence-electron chi connectivity index (χ0n) is 6.01. The number of benzene rings is 1. The summed E-state index contributed by atoms with van der Waals surface area (Å²) in [4.78, 5) is 11.0. The Morgan fingerprint density at radius 2 is 1.91 bits per heavy atom. The van der Waals surface area contributed by atoms with Crippen LogP contribution in [0.4, 0.5) is 0 Å². The highest BCUT2D eigenvalue weighted by molar-refractivity contribution is 9.10. The average Bonchev–Trinajstić information content (AvgIpc) is 2.05. The highest BCUT2D eigenvalue weighted by Crippen LogP contribution is 2.10. The molecule has 0 fully saturated rings. The summed E-state index contributed by atoms with van der Waals surface area (Å²) in [7, 11) is 0. The summed E-state index contributed by atoms with van der Waals surface area (Å²) in [5.74, 6) is 0.0810. The van der Waals surface area contributed by atoms with Crippen molar-refractivity contribution in [1.82, 2.24) is 0 Å². The molecule has 3 heteroatoms. The van der Waals surface area contributed by atoms with E-state index in [0.29, 0.717) is 6.54 Å². The molecule has 1 rings (SSSR count). The Bertz CT molecular complexity index is 255. The van der Waals surface area contributed by atoms with Gasteiger partial charge in [-0.1, -0.05) is 28.1 Å². The molecule has 0 unspecified atom stereocenters. The van der Waals surface area contributed by atoms with Crippen molar-refractivity contribution in [2.45, 2.75) is 0 Å². The second-order valence-corrected chi connectivity index (χ2v) is 3.10. The maximum atomic E-state index is 11.0. The molecule has 58 valence electrons. The molecule has 2 nitrogen and oxygen atoms in total. The Labute approximate surface area is 73.5 Å². The monoisotopic (exact) mass is 214 g/mol. The quantitative estimate of drug-likeness (QED) is 0.731. The van der Waals surface area contributed by atoms with Crippen LogP contribution in [-0.2, 0) is 0 Å². The molecule has 0 atom stereocenters. The first-order chi connectivity index (χ1) is 5.24. The highest BCUT2D eigenvalue weighted by atomic mass is 79.9. The van der Waals surface area contributed by atoms with E-state index in [9.17, 15) is 4.79 Å². The molecule has 0 aliphatic rings. The van der Waals surface area contributed by atoms with Crippen LogP contribution in [0.1, 0.15) is 10.4 Å². The number of carbonyl (C=O) groups excluding carboxylic acids is 1. The van der Waals surface area contributed by atoms with Crippen molar-refractivity contribution in [1.29, 1.82) is 0 Å². The van der Waals surface area contributed by atoms with E-state index >= 15 is 0 Å². The number of hydrogen-bond donors (Lipinski definition) is 1. The molecule has 0 amide bonds. The van der Waals surface area contributed by atoms with Crippen LogP contribution >= 0.6 is 15.9 Å². The number of rotatable bonds is 2. The van der Waals surface area contributed by atoms with Gasteiger partial charge in [0.2, 0.25) is 5.78 Å². The molecule has 0 spiro atoms. The maximum absolute atomic E-state index is 11.0. The van der Waals surface area contributed by atoms with Crippen LogP contribution in [0.2, 0.25) is 0 Å². The summed E-state index contributed by atoms with van der Waals surface area (Å²) >= 11 is 3.29. The second kappa shape index (κ2) is 3.64. The topological polar surface area (TPSA) is 44.7 Å². The lowest BCUT2D eigenvalue weighted by Gasteiger charge is -1.94. The molecule has 0 saturated heterocycles. The number of halogens is 1. The molecular weight excluding hydrogens is 206 g/mol. The molecule has 0 aromatic heterocycles. The first kappa shape index (κ1) is 8.43. The molecule has 0 radical (unpaired) electrons. The molecule has 0 aliphatic carbocycles. The first-order valence-electron chi connectivity index (χ1n) is 3.32. The van der Waals surface area contributed by atoms with E-state index in [-0.39, 0.29) is 5.78 Å². The lowest BCUT2D eigenvalue weighted by molar-refractivity contribution is -0.349. The zero-order chi connectivity index (χ0) is 8.27. The molecule has 3 N–H and O–H groups in total. The third-order valence-corrected chi connectivity index (χ3v) is 1.92. The number of carbonyl (C=O) groups is 1. The normalized spacial score (nSPS) is 9.64. The van der Waals surface area contributed by atoms with Crippen LogP contribution in [0.15, 0.2) is 28.7 Å². The first-order valence-corrected chi connectivity index (χ1v) is 4.11. The van der Waals surface area contributed by atoms with Crippen molar-refractivity contribution >= 4 is 21.7 Å². The molecule has 0 bridgehead atoms. The van der Waals surface area contributed by atoms with E-state index in [0.717, 1.165) is 10.0 Å². The molecule has 0 aliphatic heterocycles. The van der Waals surface area contributed by atoms with Crippen LogP contribution in [0.25, 0.3) is 0 Å². The highest BCUT2D eigenvalue weighted by Gasteiger charge is 2.02. The Hall–Kier alpha value is -0.670. The standard InChI is InChI=1S/C8H8BrNO/c9-7-3-1-6(2-4-7)8(11)5-10/h1-4H,5,10H2/p+1. The minimum atomic E-state index is 0.0810. The van der Waals surface area contributed by atoms with Gasteiger partial charge in [0.25, 0.3) is 0 Å². The van der Waals surface area contributed by atoms with Crippen LogP contribution < -0.4 is 5.73 Å². The Morgan fingerprint density at radius 3 is 2.36 bits per heavy atom. The third kappa shape index (κ3) is 2.13. The number of ketones is 1. The lowest BCUT2D eigenvalue weighted by atomic mass is 10.1. The minimum absolute atomic E-state index is 0.0810. The molecule has 0 saturated carbocycles. The van der Waals surface area contributed by atoms with E-state index in [4.69, 9.17) is 0 Å². The fourth-order valence-corrected chi connectivity index (χ4v) is 1.04. The van der Waals surface area contributed by atoms with Gasteiger partial charge in [0.15, 0.2) is 0 Å². The van der Waals surface area contributed by atoms with Gasteiger partial charge in [-0.2, -0.15) is 0 Å². The average molecular weight is 215 g/mol. The molecule has 11 heavy (non-hydrogen) atoms. The molecular formula is C8H9BrNO+. The second-order valence-electron chi connectivity index (χ2n) is 2.18. The fraction of sp³-hybridized carbons (Fsp3) is 0.125. The van der Waals surface area contributed by atoms with Crippen LogP contribution in [0.3, 0.4) is 0 Å². The number of quaternary nitrogens is 1. The van der Waals surface area contributed by atoms with Crippen molar-refractivity contribution in [3.63, 3.8) is 0 Å². The Kier molecular flexibility index (Phi) is 2.79. The van der Waals surface area contributed by atoms with Crippen molar-refractivity contribution in [2.24, 2.45) is 0 Å². The van der Waals surface area contributed by atoms with Gasteiger partial charge in [-0.25, -0.2) is 0 Å². The van der Waals surface area contributed by atoms with Gasteiger partial charge in [0.05, 0.1) is 0 Å². The van der Waals surface area contributed by atoms with E-state index in [2.05, 4.69) is 21.7 Å². The summed E-state index contributed by atoms with van der Waals surface area (Å²) in [5, 5.41) is 0. The predicted octanol–water partition coefficient (Wildman–Crippen LogP) is 0.874. The fourth-order valence-electron chi connectivity index (χ4n) is 0.780. The van der Waals surface area contributed by atoms with E-state index < -0.39 is 0 Å². The summed E-state index contributed by atoms with van der Waals surface area (Å²) in [6.45, 7) is 0.321.